The van der Waals surface area contributed by atoms with E-state index in [0.29, 0.717) is 6.61 Å². The molecular formula is C13H19NO3. The van der Waals surface area contributed by atoms with Gasteiger partial charge in [-0.1, -0.05) is 12.1 Å². The normalized spacial score (nSPS) is 24.4. The zero-order chi connectivity index (χ0) is 12.1. The molecule has 94 valence electrons. The predicted octanol–water partition coefficient (Wildman–Crippen LogP) is 1.45. The third-order valence-corrected chi connectivity index (χ3v) is 2.72. The van der Waals surface area contributed by atoms with Gasteiger partial charge in [0, 0.05) is 13.1 Å². The van der Waals surface area contributed by atoms with E-state index in [0.717, 1.165) is 24.6 Å². The molecule has 1 aromatic rings. The van der Waals surface area contributed by atoms with Crippen LogP contribution in [0.5, 0.6) is 11.5 Å². The standard InChI is InChI=1S/C13H19NO3/c1-10-7-14-8-11(17-10)9-16-13-6-4-3-5-12(13)15-2/h3-6,10-11,14H,7-9H2,1-2H3. The Morgan fingerprint density at radius 3 is 2.76 bits per heavy atom. The minimum absolute atomic E-state index is 0.101. The Morgan fingerprint density at radius 2 is 2.06 bits per heavy atom. The summed E-state index contributed by atoms with van der Waals surface area (Å²) in [6, 6.07) is 7.64. The lowest BCUT2D eigenvalue weighted by Gasteiger charge is -2.28. The van der Waals surface area contributed by atoms with Crippen LogP contribution in [-0.2, 0) is 4.74 Å². The van der Waals surface area contributed by atoms with Gasteiger partial charge in [0.25, 0.3) is 0 Å². The van der Waals surface area contributed by atoms with Gasteiger partial charge in [0.05, 0.1) is 13.2 Å². The molecule has 0 amide bonds. The topological polar surface area (TPSA) is 39.7 Å². The Balaban J connectivity index is 1.88. The van der Waals surface area contributed by atoms with Crippen molar-refractivity contribution in [3.8, 4) is 11.5 Å². The zero-order valence-corrected chi connectivity index (χ0v) is 10.3. The second-order valence-electron chi connectivity index (χ2n) is 4.19. The van der Waals surface area contributed by atoms with Crippen molar-refractivity contribution in [2.45, 2.75) is 19.1 Å². The molecule has 17 heavy (non-hydrogen) atoms. The number of morpholine rings is 1. The van der Waals surface area contributed by atoms with Crippen LogP contribution in [0.4, 0.5) is 0 Å². The van der Waals surface area contributed by atoms with Crippen molar-refractivity contribution in [3.05, 3.63) is 24.3 Å². The summed E-state index contributed by atoms with van der Waals surface area (Å²) in [5.41, 5.74) is 0. The summed E-state index contributed by atoms with van der Waals surface area (Å²) < 4.78 is 16.7. The highest BCUT2D eigenvalue weighted by Crippen LogP contribution is 2.26. The molecule has 2 atom stereocenters. The van der Waals surface area contributed by atoms with Crippen LogP contribution in [0, 0.1) is 0 Å². The summed E-state index contributed by atoms with van der Waals surface area (Å²) in [6.07, 6.45) is 0.346. The van der Waals surface area contributed by atoms with E-state index in [2.05, 4.69) is 12.2 Å². The fourth-order valence-corrected chi connectivity index (χ4v) is 1.89. The number of hydrogen-bond donors (Lipinski definition) is 1. The molecule has 0 saturated carbocycles. The first kappa shape index (κ1) is 12.2. The van der Waals surface area contributed by atoms with Crippen molar-refractivity contribution in [2.75, 3.05) is 26.8 Å². The van der Waals surface area contributed by atoms with Crippen LogP contribution < -0.4 is 14.8 Å². The molecule has 1 fully saturated rings. The van der Waals surface area contributed by atoms with Gasteiger partial charge in [-0.2, -0.15) is 0 Å². The molecule has 2 rings (SSSR count). The molecule has 4 heteroatoms. The van der Waals surface area contributed by atoms with E-state index in [4.69, 9.17) is 14.2 Å². The number of hydrogen-bond acceptors (Lipinski definition) is 4. The summed E-state index contributed by atoms with van der Waals surface area (Å²) in [5, 5.41) is 3.31. The molecule has 0 aromatic heterocycles. The van der Waals surface area contributed by atoms with Crippen molar-refractivity contribution in [2.24, 2.45) is 0 Å². The number of methoxy groups -OCH3 is 1. The number of nitrogens with one attached hydrogen (secondary N) is 1. The number of benzene rings is 1. The molecule has 1 aliphatic heterocycles. The summed E-state index contributed by atoms with van der Waals surface area (Å²) in [4.78, 5) is 0. The maximum atomic E-state index is 5.75. The minimum atomic E-state index is 0.101. The van der Waals surface area contributed by atoms with E-state index in [9.17, 15) is 0 Å². The molecule has 1 heterocycles. The molecular weight excluding hydrogens is 218 g/mol. The lowest BCUT2D eigenvalue weighted by atomic mass is 10.2. The number of ether oxygens (including phenoxy) is 3. The van der Waals surface area contributed by atoms with Crippen LogP contribution in [0.25, 0.3) is 0 Å². The third kappa shape index (κ3) is 3.35. The van der Waals surface area contributed by atoms with Crippen molar-refractivity contribution in [1.82, 2.24) is 5.32 Å². The van der Waals surface area contributed by atoms with Crippen molar-refractivity contribution < 1.29 is 14.2 Å². The Bertz CT molecular complexity index is 356. The fourth-order valence-electron chi connectivity index (χ4n) is 1.89. The van der Waals surface area contributed by atoms with Crippen LogP contribution in [0.3, 0.4) is 0 Å². The van der Waals surface area contributed by atoms with E-state index in [1.54, 1.807) is 7.11 Å². The van der Waals surface area contributed by atoms with Crippen LogP contribution in [-0.4, -0.2) is 39.0 Å². The van der Waals surface area contributed by atoms with Crippen molar-refractivity contribution >= 4 is 0 Å². The van der Waals surface area contributed by atoms with Crippen molar-refractivity contribution in [3.63, 3.8) is 0 Å². The molecule has 1 aromatic carbocycles. The maximum absolute atomic E-state index is 5.75. The number of para-hydroxylation sites is 2. The van der Waals surface area contributed by atoms with Crippen LogP contribution in [0.1, 0.15) is 6.92 Å². The first-order chi connectivity index (χ1) is 8.29. The van der Waals surface area contributed by atoms with Gasteiger partial charge in [-0.25, -0.2) is 0 Å². The Hall–Kier alpha value is -1.26. The third-order valence-electron chi connectivity index (χ3n) is 2.72. The predicted molar refractivity (Wildman–Crippen MR) is 65.7 cm³/mol. The quantitative estimate of drug-likeness (QED) is 0.860. The highest BCUT2D eigenvalue weighted by molar-refractivity contribution is 5.39. The highest BCUT2D eigenvalue weighted by Gasteiger charge is 2.19. The van der Waals surface area contributed by atoms with Crippen LogP contribution in [0.2, 0.25) is 0 Å². The lowest BCUT2D eigenvalue weighted by Crippen LogP contribution is -2.45. The summed E-state index contributed by atoms with van der Waals surface area (Å²) in [5.74, 6) is 1.51. The van der Waals surface area contributed by atoms with Gasteiger partial charge in [0.2, 0.25) is 0 Å². The zero-order valence-electron chi connectivity index (χ0n) is 10.3. The van der Waals surface area contributed by atoms with Gasteiger partial charge >= 0.3 is 0 Å². The van der Waals surface area contributed by atoms with Crippen molar-refractivity contribution in [1.29, 1.82) is 0 Å². The molecule has 0 spiro atoms. The molecule has 0 bridgehead atoms. The lowest BCUT2D eigenvalue weighted by molar-refractivity contribution is -0.0472. The van der Waals surface area contributed by atoms with Gasteiger partial charge in [-0.05, 0) is 19.1 Å². The summed E-state index contributed by atoms with van der Waals surface area (Å²) in [7, 11) is 1.64. The van der Waals surface area contributed by atoms with E-state index in [-0.39, 0.29) is 12.2 Å². The molecule has 1 aliphatic rings. The monoisotopic (exact) mass is 237 g/mol. The number of rotatable bonds is 4. The van der Waals surface area contributed by atoms with E-state index in [1.165, 1.54) is 0 Å². The minimum Gasteiger partial charge on any atom is -0.493 e. The van der Waals surface area contributed by atoms with Gasteiger partial charge in [0.15, 0.2) is 11.5 Å². The van der Waals surface area contributed by atoms with E-state index < -0.39 is 0 Å². The summed E-state index contributed by atoms with van der Waals surface area (Å²) in [6.45, 7) is 4.34. The van der Waals surface area contributed by atoms with E-state index >= 15 is 0 Å². The van der Waals surface area contributed by atoms with Gasteiger partial charge in [-0.15, -0.1) is 0 Å². The highest BCUT2D eigenvalue weighted by atomic mass is 16.6. The van der Waals surface area contributed by atoms with Gasteiger partial charge < -0.3 is 19.5 Å². The summed E-state index contributed by atoms with van der Waals surface area (Å²) >= 11 is 0. The first-order valence-corrected chi connectivity index (χ1v) is 5.91. The Kier molecular flexibility index (Phi) is 4.23. The molecule has 0 radical (unpaired) electrons. The SMILES string of the molecule is COc1ccccc1OCC1CNCC(C)O1. The van der Waals surface area contributed by atoms with Crippen LogP contribution >= 0.6 is 0 Å². The molecule has 1 N–H and O–H groups in total. The molecule has 4 nitrogen and oxygen atoms in total. The van der Waals surface area contributed by atoms with E-state index in [1.807, 2.05) is 24.3 Å². The average Bonchev–Trinajstić information content (AvgIpc) is 2.37. The fraction of sp³-hybridized carbons (Fsp3) is 0.538. The largest absolute Gasteiger partial charge is 0.493 e. The van der Waals surface area contributed by atoms with Gasteiger partial charge in [0.1, 0.15) is 12.7 Å². The van der Waals surface area contributed by atoms with Gasteiger partial charge in [-0.3, -0.25) is 0 Å². The second kappa shape index (κ2) is 5.89. The van der Waals surface area contributed by atoms with Crippen LogP contribution in [0.15, 0.2) is 24.3 Å². The second-order valence-corrected chi connectivity index (χ2v) is 4.19. The molecule has 1 saturated heterocycles. The smallest absolute Gasteiger partial charge is 0.161 e. The maximum Gasteiger partial charge on any atom is 0.161 e. The Labute approximate surface area is 102 Å². The average molecular weight is 237 g/mol. The molecule has 0 aliphatic carbocycles. The first-order valence-electron chi connectivity index (χ1n) is 5.91. The molecule has 2 unspecified atom stereocenters. The Morgan fingerprint density at radius 1 is 1.29 bits per heavy atom.